The maximum absolute atomic E-state index is 11.3. The van der Waals surface area contributed by atoms with Crippen molar-refractivity contribution in [2.45, 2.75) is 45.6 Å². The molecular formula is C16H25NO3. The molecule has 112 valence electrons. The van der Waals surface area contributed by atoms with E-state index in [1.165, 1.54) is 5.56 Å². The first kappa shape index (κ1) is 16.5. The Morgan fingerprint density at radius 2 is 2.05 bits per heavy atom. The van der Waals surface area contributed by atoms with Crippen molar-refractivity contribution in [3.63, 3.8) is 0 Å². The molecule has 1 rings (SSSR count). The smallest absolute Gasteiger partial charge is 0.323 e. The molecule has 1 unspecified atom stereocenters. The molecule has 0 saturated carbocycles. The average Bonchev–Trinajstić information content (AvgIpc) is 2.44. The average molecular weight is 279 g/mol. The summed E-state index contributed by atoms with van der Waals surface area (Å²) in [4.78, 5) is 11.3. The Bertz CT molecular complexity index is 433. The van der Waals surface area contributed by atoms with E-state index < -0.39 is 11.5 Å². The lowest BCUT2D eigenvalue weighted by molar-refractivity contribution is -0.144. The summed E-state index contributed by atoms with van der Waals surface area (Å²) in [5, 5.41) is 12.3. The van der Waals surface area contributed by atoms with Gasteiger partial charge in [0.05, 0.1) is 6.61 Å². The molecule has 4 heteroatoms. The van der Waals surface area contributed by atoms with Gasteiger partial charge in [-0.2, -0.15) is 0 Å². The predicted molar refractivity (Wildman–Crippen MR) is 80.3 cm³/mol. The lowest BCUT2D eigenvalue weighted by Gasteiger charge is -2.25. The van der Waals surface area contributed by atoms with Gasteiger partial charge in [0, 0.05) is 0 Å². The first-order valence-electron chi connectivity index (χ1n) is 7.22. The number of rotatable bonds is 9. The third kappa shape index (κ3) is 4.53. The zero-order valence-electron chi connectivity index (χ0n) is 12.6. The number of hydrogen-bond donors (Lipinski definition) is 2. The van der Waals surface area contributed by atoms with E-state index in [0.717, 1.165) is 12.2 Å². The minimum atomic E-state index is -0.873. The molecule has 1 aromatic rings. The zero-order chi connectivity index (χ0) is 15.0. The van der Waals surface area contributed by atoms with Crippen LogP contribution >= 0.6 is 0 Å². The van der Waals surface area contributed by atoms with Gasteiger partial charge in [0.1, 0.15) is 11.3 Å². The van der Waals surface area contributed by atoms with Crippen LogP contribution in [0, 0.1) is 0 Å². The van der Waals surface area contributed by atoms with Gasteiger partial charge in [-0.05, 0) is 44.4 Å². The fourth-order valence-electron chi connectivity index (χ4n) is 2.21. The van der Waals surface area contributed by atoms with Crippen molar-refractivity contribution in [1.82, 2.24) is 5.32 Å². The molecule has 2 N–H and O–H groups in total. The second-order valence-electron chi connectivity index (χ2n) is 5.08. The fraction of sp³-hybridized carbons (Fsp3) is 0.562. The van der Waals surface area contributed by atoms with Crippen molar-refractivity contribution >= 4 is 5.97 Å². The second-order valence-corrected chi connectivity index (χ2v) is 5.08. The maximum Gasteiger partial charge on any atom is 0.323 e. The van der Waals surface area contributed by atoms with Gasteiger partial charge in [0.15, 0.2) is 0 Å². The van der Waals surface area contributed by atoms with Gasteiger partial charge in [0.2, 0.25) is 0 Å². The molecular weight excluding hydrogens is 254 g/mol. The SMILES string of the molecule is CCNC(C)(CCCOc1ccccc1CC)C(=O)O. The molecule has 0 fully saturated rings. The number of carboxylic acids is 1. The number of hydrogen-bond acceptors (Lipinski definition) is 3. The van der Waals surface area contributed by atoms with Crippen LogP contribution in [0.15, 0.2) is 24.3 Å². The van der Waals surface area contributed by atoms with Gasteiger partial charge in [-0.3, -0.25) is 4.79 Å². The van der Waals surface area contributed by atoms with Crippen LogP contribution in [0.4, 0.5) is 0 Å². The van der Waals surface area contributed by atoms with Crippen LogP contribution in [0.1, 0.15) is 39.2 Å². The Morgan fingerprint density at radius 1 is 1.35 bits per heavy atom. The lowest BCUT2D eigenvalue weighted by Crippen LogP contribution is -2.49. The quantitative estimate of drug-likeness (QED) is 0.682. The van der Waals surface area contributed by atoms with Crippen molar-refractivity contribution in [3.05, 3.63) is 29.8 Å². The second kappa shape index (κ2) is 7.90. The van der Waals surface area contributed by atoms with Crippen molar-refractivity contribution < 1.29 is 14.6 Å². The normalized spacial score (nSPS) is 13.8. The Balaban J connectivity index is 2.46. The van der Waals surface area contributed by atoms with Crippen molar-refractivity contribution in [2.24, 2.45) is 0 Å². The lowest BCUT2D eigenvalue weighted by atomic mass is 9.96. The number of carboxylic acid groups (broad SMARTS) is 1. The minimum absolute atomic E-state index is 0.533. The highest BCUT2D eigenvalue weighted by Gasteiger charge is 2.31. The van der Waals surface area contributed by atoms with Gasteiger partial charge in [-0.15, -0.1) is 0 Å². The Labute approximate surface area is 121 Å². The summed E-state index contributed by atoms with van der Waals surface area (Å²) in [6.07, 6.45) is 2.18. The van der Waals surface area contributed by atoms with Gasteiger partial charge < -0.3 is 15.2 Å². The third-order valence-electron chi connectivity index (χ3n) is 3.47. The summed E-state index contributed by atoms with van der Waals surface area (Å²) in [6.45, 7) is 6.90. The molecule has 0 amide bonds. The Morgan fingerprint density at radius 3 is 2.65 bits per heavy atom. The Kier molecular flexibility index (Phi) is 6.52. The molecule has 1 aromatic carbocycles. The number of aliphatic carboxylic acids is 1. The van der Waals surface area contributed by atoms with E-state index in [-0.39, 0.29) is 0 Å². The number of aryl methyl sites for hydroxylation is 1. The van der Waals surface area contributed by atoms with Crippen molar-refractivity contribution in [3.8, 4) is 5.75 Å². The van der Waals surface area contributed by atoms with E-state index in [1.807, 2.05) is 25.1 Å². The van der Waals surface area contributed by atoms with E-state index >= 15 is 0 Å². The molecule has 0 aliphatic carbocycles. The summed E-state index contributed by atoms with van der Waals surface area (Å²) in [6, 6.07) is 7.96. The van der Waals surface area contributed by atoms with E-state index in [2.05, 4.69) is 18.3 Å². The van der Waals surface area contributed by atoms with Gasteiger partial charge >= 0.3 is 5.97 Å². The molecule has 4 nitrogen and oxygen atoms in total. The Hall–Kier alpha value is -1.55. The van der Waals surface area contributed by atoms with Crippen LogP contribution in [-0.4, -0.2) is 29.8 Å². The van der Waals surface area contributed by atoms with Gasteiger partial charge in [-0.25, -0.2) is 0 Å². The minimum Gasteiger partial charge on any atom is -0.493 e. The van der Waals surface area contributed by atoms with E-state index in [0.29, 0.717) is 26.0 Å². The highest BCUT2D eigenvalue weighted by atomic mass is 16.5. The number of likely N-dealkylation sites (N-methyl/N-ethyl adjacent to an activating group) is 1. The number of ether oxygens (including phenoxy) is 1. The maximum atomic E-state index is 11.3. The summed E-state index contributed by atoms with van der Waals surface area (Å²) in [5.74, 6) is 0.0868. The summed E-state index contributed by atoms with van der Waals surface area (Å²) < 4.78 is 5.76. The number of para-hydroxylation sites is 1. The van der Waals surface area contributed by atoms with Crippen LogP contribution in [0.25, 0.3) is 0 Å². The molecule has 0 heterocycles. The van der Waals surface area contributed by atoms with Crippen molar-refractivity contribution in [1.29, 1.82) is 0 Å². The number of carbonyl (C=O) groups is 1. The number of nitrogens with one attached hydrogen (secondary N) is 1. The van der Waals surface area contributed by atoms with Crippen LogP contribution in [0.2, 0.25) is 0 Å². The molecule has 20 heavy (non-hydrogen) atoms. The molecule has 0 bridgehead atoms. The summed E-state index contributed by atoms with van der Waals surface area (Å²) >= 11 is 0. The largest absolute Gasteiger partial charge is 0.493 e. The first-order valence-corrected chi connectivity index (χ1v) is 7.22. The topological polar surface area (TPSA) is 58.6 Å². The summed E-state index contributed by atoms with van der Waals surface area (Å²) in [7, 11) is 0. The van der Waals surface area contributed by atoms with Crippen LogP contribution < -0.4 is 10.1 Å². The molecule has 0 radical (unpaired) electrons. The van der Waals surface area contributed by atoms with Crippen molar-refractivity contribution in [2.75, 3.05) is 13.2 Å². The molecule has 0 aliphatic rings. The highest BCUT2D eigenvalue weighted by Crippen LogP contribution is 2.19. The number of benzene rings is 1. The van der Waals surface area contributed by atoms with Gasteiger partial charge in [-0.1, -0.05) is 32.0 Å². The van der Waals surface area contributed by atoms with E-state index in [1.54, 1.807) is 6.92 Å². The zero-order valence-corrected chi connectivity index (χ0v) is 12.6. The predicted octanol–water partition coefficient (Wildman–Crippen LogP) is 2.86. The third-order valence-corrected chi connectivity index (χ3v) is 3.47. The molecule has 0 aromatic heterocycles. The standard InChI is InChI=1S/C16H25NO3/c1-4-13-9-6-7-10-14(13)20-12-8-11-16(3,15(18)19)17-5-2/h6-7,9-10,17H,4-5,8,11-12H2,1-3H3,(H,18,19). The summed E-state index contributed by atoms with van der Waals surface area (Å²) in [5.41, 5.74) is 0.308. The first-order chi connectivity index (χ1) is 9.53. The molecule has 0 spiro atoms. The van der Waals surface area contributed by atoms with Gasteiger partial charge in [0.25, 0.3) is 0 Å². The highest BCUT2D eigenvalue weighted by molar-refractivity contribution is 5.78. The fourth-order valence-corrected chi connectivity index (χ4v) is 2.21. The van der Waals surface area contributed by atoms with E-state index in [4.69, 9.17) is 4.74 Å². The molecule has 1 atom stereocenters. The van der Waals surface area contributed by atoms with Crippen LogP contribution in [-0.2, 0) is 11.2 Å². The van der Waals surface area contributed by atoms with Crippen LogP contribution in [0.3, 0.4) is 0 Å². The molecule has 0 aliphatic heterocycles. The molecule has 0 saturated heterocycles. The van der Waals surface area contributed by atoms with Crippen LogP contribution in [0.5, 0.6) is 5.75 Å². The monoisotopic (exact) mass is 279 g/mol. The van der Waals surface area contributed by atoms with E-state index in [9.17, 15) is 9.90 Å².